The van der Waals surface area contributed by atoms with Crippen molar-refractivity contribution in [1.82, 2.24) is 9.80 Å². The summed E-state index contributed by atoms with van der Waals surface area (Å²) >= 11 is 1.57. The zero-order valence-corrected chi connectivity index (χ0v) is 23.8. The number of nitrogens with zero attached hydrogens (tertiary/aromatic N) is 2. The van der Waals surface area contributed by atoms with Gasteiger partial charge in [0.1, 0.15) is 6.04 Å². The van der Waals surface area contributed by atoms with Crippen molar-refractivity contribution in [3.05, 3.63) is 24.3 Å². The Hall–Kier alpha value is -1.80. The van der Waals surface area contributed by atoms with Gasteiger partial charge in [-0.1, -0.05) is 57.9 Å². The summed E-state index contributed by atoms with van der Waals surface area (Å²) in [4.78, 5) is 46.1. The largest absolute Gasteiger partial charge is 0.465 e. The predicted octanol–water partition coefficient (Wildman–Crippen LogP) is 3.95. The standard InChI is InChI=1S/C29H44N2O5S/c1-6-13-20(4)30-16-12-15-29-22(23-27(35)36-17-11-9-8-10-14-28(23,5)37-29)25(33)31(24(29)26(30)34)21(18-32)19(3)7-2/h10,12,14-15,19-24,32H,6-9,11,13,16-18H2,1-5H3/b14-10-/t19-,20?,21-,22-,23+,24?,28-,29-/m0/s1. The SMILES string of the molecule is CCCC(C)N1CC=C[C@]23S[C@@]4(C)/C=C\CCCCOC(=O)[C@H]4[C@H]2C(=O)N([C@@H](CO)[C@@H](C)CC)C3C1=O. The van der Waals surface area contributed by atoms with Gasteiger partial charge in [0.2, 0.25) is 11.8 Å². The topological polar surface area (TPSA) is 87.2 Å². The highest BCUT2D eigenvalue weighted by molar-refractivity contribution is 8.02. The molecular weight excluding hydrogens is 488 g/mol. The highest BCUT2D eigenvalue weighted by Crippen LogP contribution is 2.65. The Kier molecular flexibility index (Phi) is 8.49. The molecule has 0 saturated carbocycles. The fourth-order valence-corrected chi connectivity index (χ4v) is 9.04. The number of aliphatic hydroxyl groups excluding tert-OH is 1. The lowest BCUT2D eigenvalue weighted by atomic mass is 9.74. The van der Waals surface area contributed by atoms with E-state index < -0.39 is 33.4 Å². The molecule has 7 nitrogen and oxygen atoms in total. The molecule has 4 rings (SSSR count). The number of likely N-dealkylation sites (tertiary alicyclic amines) is 1. The van der Waals surface area contributed by atoms with Crippen LogP contribution in [0.3, 0.4) is 0 Å². The number of hydrogen-bond acceptors (Lipinski definition) is 6. The van der Waals surface area contributed by atoms with Crippen molar-refractivity contribution < 1.29 is 24.2 Å². The summed E-state index contributed by atoms with van der Waals surface area (Å²) in [6.45, 7) is 10.8. The van der Waals surface area contributed by atoms with Gasteiger partial charge in [-0.2, -0.15) is 0 Å². The number of hydrogen-bond donors (Lipinski definition) is 1. The number of cyclic esters (lactones) is 1. The summed E-state index contributed by atoms with van der Waals surface area (Å²) in [5.41, 5.74) is 0. The van der Waals surface area contributed by atoms with Crippen molar-refractivity contribution in [3.63, 3.8) is 0 Å². The van der Waals surface area contributed by atoms with Gasteiger partial charge in [-0.3, -0.25) is 14.4 Å². The lowest BCUT2D eigenvalue weighted by Crippen LogP contribution is -2.59. The Morgan fingerprint density at radius 2 is 1.86 bits per heavy atom. The van der Waals surface area contributed by atoms with E-state index in [4.69, 9.17) is 4.74 Å². The van der Waals surface area contributed by atoms with Crippen LogP contribution in [0.5, 0.6) is 0 Å². The van der Waals surface area contributed by atoms with E-state index in [0.717, 1.165) is 38.5 Å². The lowest BCUT2D eigenvalue weighted by Gasteiger charge is -2.42. The molecule has 1 N–H and O–H groups in total. The number of fused-ring (bicyclic) bond motifs is 2. The molecular formula is C29H44N2O5S. The van der Waals surface area contributed by atoms with Crippen molar-refractivity contribution in [3.8, 4) is 0 Å². The van der Waals surface area contributed by atoms with Crippen LogP contribution in [0.15, 0.2) is 24.3 Å². The van der Waals surface area contributed by atoms with Gasteiger partial charge < -0.3 is 19.6 Å². The lowest BCUT2D eigenvalue weighted by molar-refractivity contribution is -0.155. The number of thioether (sulfide) groups is 1. The van der Waals surface area contributed by atoms with Gasteiger partial charge in [0, 0.05) is 17.3 Å². The second-order valence-electron chi connectivity index (χ2n) is 11.5. The van der Waals surface area contributed by atoms with Crippen LogP contribution in [0.2, 0.25) is 0 Å². The molecule has 4 aliphatic heterocycles. The van der Waals surface area contributed by atoms with Crippen LogP contribution in [0.25, 0.3) is 0 Å². The number of esters is 1. The normalized spacial score (nSPS) is 37.2. The minimum Gasteiger partial charge on any atom is -0.465 e. The van der Waals surface area contributed by atoms with Crippen molar-refractivity contribution in [2.45, 2.75) is 101 Å². The smallest absolute Gasteiger partial charge is 0.311 e. The van der Waals surface area contributed by atoms with E-state index in [1.54, 1.807) is 16.7 Å². The molecule has 4 aliphatic rings. The third-order valence-corrected chi connectivity index (χ3v) is 10.8. The van der Waals surface area contributed by atoms with E-state index >= 15 is 0 Å². The first kappa shape index (κ1) is 28.2. The summed E-state index contributed by atoms with van der Waals surface area (Å²) in [5, 5.41) is 10.5. The summed E-state index contributed by atoms with van der Waals surface area (Å²) in [5.74, 6) is -2.10. The molecule has 0 aromatic heterocycles. The Balaban J connectivity index is 1.89. The molecule has 2 saturated heterocycles. The van der Waals surface area contributed by atoms with Crippen molar-refractivity contribution >= 4 is 29.5 Å². The van der Waals surface area contributed by atoms with Crippen molar-refractivity contribution in [2.75, 3.05) is 19.8 Å². The van der Waals surface area contributed by atoms with Gasteiger partial charge in [-0.15, -0.1) is 11.8 Å². The molecule has 0 bridgehead atoms. The first-order valence-corrected chi connectivity index (χ1v) is 14.9. The van der Waals surface area contributed by atoms with Crippen LogP contribution in [0.4, 0.5) is 0 Å². The molecule has 8 atom stereocenters. The molecule has 206 valence electrons. The molecule has 0 radical (unpaired) electrons. The molecule has 1 spiro atoms. The maximum atomic E-state index is 14.5. The summed E-state index contributed by atoms with van der Waals surface area (Å²) in [6.07, 6.45) is 13.5. The van der Waals surface area contributed by atoms with E-state index in [1.165, 1.54) is 0 Å². The molecule has 2 amide bonds. The number of rotatable bonds is 7. The maximum Gasteiger partial charge on any atom is 0.311 e. The summed E-state index contributed by atoms with van der Waals surface area (Å²) in [7, 11) is 0. The molecule has 2 fully saturated rings. The van der Waals surface area contributed by atoms with E-state index in [1.807, 2.05) is 37.8 Å². The van der Waals surface area contributed by atoms with Gasteiger partial charge in [0.25, 0.3) is 0 Å². The summed E-state index contributed by atoms with van der Waals surface area (Å²) in [6, 6.07) is -1.26. The first-order valence-electron chi connectivity index (χ1n) is 14.1. The molecule has 2 unspecified atom stereocenters. The monoisotopic (exact) mass is 532 g/mol. The molecule has 4 heterocycles. The number of carbonyl (C=O) groups is 3. The molecule has 0 aromatic carbocycles. The van der Waals surface area contributed by atoms with Crippen LogP contribution < -0.4 is 0 Å². The molecule has 37 heavy (non-hydrogen) atoms. The second kappa shape index (κ2) is 11.1. The number of aliphatic hydroxyl groups is 1. The Morgan fingerprint density at radius 1 is 1.11 bits per heavy atom. The predicted molar refractivity (Wildman–Crippen MR) is 146 cm³/mol. The average molecular weight is 533 g/mol. The van der Waals surface area contributed by atoms with E-state index in [0.29, 0.717) is 13.2 Å². The van der Waals surface area contributed by atoms with Crippen molar-refractivity contribution in [1.29, 1.82) is 0 Å². The third-order valence-electron chi connectivity index (χ3n) is 9.05. The van der Waals surface area contributed by atoms with Crippen LogP contribution >= 0.6 is 11.8 Å². The maximum absolute atomic E-state index is 14.5. The Morgan fingerprint density at radius 3 is 2.54 bits per heavy atom. The van der Waals surface area contributed by atoms with E-state index in [2.05, 4.69) is 26.0 Å². The number of ether oxygens (including phenoxy) is 1. The van der Waals surface area contributed by atoms with Gasteiger partial charge in [-0.25, -0.2) is 0 Å². The van der Waals surface area contributed by atoms with Gasteiger partial charge >= 0.3 is 5.97 Å². The number of amides is 2. The fourth-order valence-electron chi connectivity index (χ4n) is 6.90. The van der Waals surface area contributed by atoms with Crippen LogP contribution in [0.1, 0.15) is 73.1 Å². The summed E-state index contributed by atoms with van der Waals surface area (Å²) < 4.78 is 4.15. The molecule has 8 heteroatoms. The number of carbonyl (C=O) groups excluding carboxylic acids is 3. The second-order valence-corrected chi connectivity index (χ2v) is 13.3. The van der Waals surface area contributed by atoms with Crippen LogP contribution in [-0.4, -0.2) is 80.1 Å². The minimum atomic E-state index is -0.910. The average Bonchev–Trinajstić information content (AvgIpc) is 3.19. The highest BCUT2D eigenvalue weighted by Gasteiger charge is 2.74. The third kappa shape index (κ3) is 4.66. The van der Waals surface area contributed by atoms with E-state index in [-0.39, 0.29) is 36.4 Å². The van der Waals surface area contributed by atoms with Crippen LogP contribution in [-0.2, 0) is 19.1 Å². The quantitative estimate of drug-likeness (QED) is 0.395. The zero-order valence-electron chi connectivity index (χ0n) is 23.0. The molecule has 0 aliphatic carbocycles. The van der Waals surface area contributed by atoms with Gasteiger partial charge in [-0.05, 0) is 45.4 Å². The van der Waals surface area contributed by atoms with Crippen molar-refractivity contribution in [2.24, 2.45) is 17.8 Å². The van der Waals surface area contributed by atoms with Crippen LogP contribution in [0, 0.1) is 17.8 Å². The molecule has 0 aromatic rings. The Bertz CT molecular complexity index is 953. The minimum absolute atomic E-state index is 0.00125. The number of allylic oxidation sites excluding steroid dienone is 1. The van der Waals surface area contributed by atoms with Gasteiger partial charge in [0.05, 0.1) is 35.8 Å². The fraction of sp³-hybridized carbons (Fsp3) is 0.759. The van der Waals surface area contributed by atoms with E-state index in [9.17, 15) is 19.5 Å². The Labute approximate surface area is 226 Å². The first-order chi connectivity index (χ1) is 17.7. The van der Waals surface area contributed by atoms with Gasteiger partial charge in [0.15, 0.2) is 0 Å². The zero-order chi connectivity index (χ0) is 27.0. The highest BCUT2D eigenvalue weighted by atomic mass is 32.2.